The number of nitrogens with zero attached hydrogens (tertiary/aromatic N) is 1. The van der Waals surface area contributed by atoms with Crippen molar-refractivity contribution in [3.63, 3.8) is 0 Å². The van der Waals surface area contributed by atoms with Crippen LogP contribution in [0.3, 0.4) is 0 Å². The second-order valence-electron chi connectivity index (χ2n) is 9.41. The zero-order chi connectivity index (χ0) is 19.9. The zero-order valence-corrected chi connectivity index (χ0v) is 16.8. The van der Waals surface area contributed by atoms with Gasteiger partial charge in [0.1, 0.15) is 5.75 Å². The van der Waals surface area contributed by atoms with E-state index >= 15 is 0 Å². The van der Waals surface area contributed by atoms with Gasteiger partial charge in [0, 0.05) is 29.8 Å². The van der Waals surface area contributed by atoms with Gasteiger partial charge in [-0.3, -0.25) is 9.59 Å². The summed E-state index contributed by atoms with van der Waals surface area (Å²) in [5.41, 5.74) is 6.93. The molecule has 1 aliphatic heterocycles. The monoisotopic (exact) mass is 360 g/mol. The highest BCUT2D eigenvalue weighted by molar-refractivity contribution is 5.95. The molecule has 1 atom stereocenters. The van der Waals surface area contributed by atoms with Crippen LogP contribution in [-0.4, -0.2) is 34.9 Å². The summed E-state index contributed by atoms with van der Waals surface area (Å²) in [5.74, 6) is -0.477. The van der Waals surface area contributed by atoms with Crippen molar-refractivity contribution in [3.8, 4) is 5.75 Å². The van der Waals surface area contributed by atoms with Crippen LogP contribution in [0.1, 0.15) is 75.9 Å². The Kier molecular flexibility index (Phi) is 5.41. The van der Waals surface area contributed by atoms with E-state index in [1.807, 2.05) is 41.5 Å². The van der Waals surface area contributed by atoms with Gasteiger partial charge in [0.15, 0.2) is 0 Å². The Balaban J connectivity index is 2.48. The molecule has 3 N–H and O–H groups in total. The van der Waals surface area contributed by atoms with Gasteiger partial charge in [0.2, 0.25) is 5.91 Å². The van der Waals surface area contributed by atoms with Gasteiger partial charge in [-0.15, -0.1) is 0 Å². The van der Waals surface area contributed by atoms with Crippen LogP contribution in [0.4, 0.5) is 0 Å². The first-order valence-corrected chi connectivity index (χ1v) is 9.29. The van der Waals surface area contributed by atoms with Gasteiger partial charge in [-0.05, 0) is 35.8 Å². The smallest absolute Gasteiger partial charge is 0.253 e. The number of rotatable bonds is 2. The summed E-state index contributed by atoms with van der Waals surface area (Å²) in [6.45, 7) is 13.1. The van der Waals surface area contributed by atoms with Crippen molar-refractivity contribution >= 4 is 11.8 Å². The lowest BCUT2D eigenvalue weighted by Gasteiger charge is -2.33. The van der Waals surface area contributed by atoms with Gasteiger partial charge in [-0.25, -0.2) is 0 Å². The Bertz CT molecular complexity index is 676. The van der Waals surface area contributed by atoms with Crippen LogP contribution in [0.25, 0.3) is 0 Å². The Hall–Kier alpha value is -2.04. The largest absolute Gasteiger partial charge is 0.507 e. The predicted octanol–water partition coefficient (Wildman–Crippen LogP) is 3.32. The molecule has 1 saturated heterocycles. The van der Waals surface area contributed by atoms with Crippen LogP contribution in [-0.2, 0) is 15.6 Å². The molecular formula is C21H32N2O3. The molecule has 0 aliphatic carbocycles. The minimum Gasteiger partial charge on any atom is -0.507 e. The highest BCUT2D eigenvalue weighted by Gasteiger charge is 2.31. The van der Waals surface area contributed by atoms with E-state index in [1.54, 1.807) is 17.0 Å². The van der Waals surface area contributed by atoms with E-state index in [0.29, 0.717) is 18.7 Å². The molecule has 5 heteroatoms. The van der Waals surface area contributed by atoms with Crippen molar-refractivity contribution in [2.75, 3.05) is 13.1 Å². The fraction of sp³-hybridized carbons (Fsp3) is 0.619. The Morgan fingerprint density at radius 1 is 1.08 bits per heavy atom. The number of nitrogens with two attached hydrogens (primary N) is 1. The average Bonchev–Trinajstić information content (AvgIpc) is 2.52. The molecule has 0 unspecified atom stereocenters. The van der Waals surface area contributed by atoms with Crippen molar-refractivity contribution in [2.45, 2.75) is 65.2 Å². The molecule has 0 saturated carbocycles. The standard InChI is InChI=1S/C21H32N2O3/c1-20(2,3)15-10-14(11-16(17(15)24)21(4,5)6)19(26)23-9-7-8-13(12-23)18(22)25/h10-11,13,24H,7-9,12H2,1-6H3,(H2,22,25)/t13-/m1/s1. The van der Waals surface area contributed by atoms with E-state index in [9.17, 15) is 14.7 Å². The number of phenols is 1. The third-order valence-corrected chi connectivity index (χ3v) is 5.08. The molecule has 1 heterocycles. The second kappa shape index (κ2) is 6.93. The molecule has 0 radical (unpaired) electrons. The van der Waals surface area contributed by atoms with Gasteiger partial charge in [0.05, 0.1) is 5.92 Å². The van der Waals surface area contributed by atoms with Gasteiger partial charge in [0.25, 0.3) is 5.91 Å². The van der Waals surface area contributed by atoms with Crippen LogP contribution in [0, 0.1) is 5.92 Å². The summed E-state index contributed by atoms with van der Waals surface area (Å²) in [6, 6.07) is 3.58. The lowest BCUT2D eigenvalue weighted by atomic mass is 9.78. The molecule has 2 amide bonds. The lowest BCUT2D eigenvalue weighted by Crippen LogP contribution is -2.44. The first-order valence-electron chi connectivity index (χ1n) is 9.29. The number of hydrogen-bond donors (Lipinski definition) is 2. The number of likely N-dealkylation sites (tertiary alicyclic amines) is 1. The maximum Gasteiger partial charge on any atom is 0.253 e. The van der Waals surface area contributed by atoms with Crippen molar-refractivity contribution < 1.29 is 14.7 Å². The quantitative estimate of drug-likeness (QED) is 0.848. The third-order valence-electron chi connectivity index (χ3n) is 5.08. The molecule has 1 fully saturated rings. The molecule has 26 heavy (non-hydrogen) atoms. The normalized spacial score (nSPS) is 18.7. The summed E-state index contributed by atoms with van der Waals surface area (Å²) in [4.78, 5) is 26.4. The number of hydrogen-bond acceptors (Lipinski definition) is 3. The molecule has 144 valence electrons. The first-order chi connectivity index (χ1) is 11.8. The SMILES string of the molecule is CC(C)(C)c1cc(C(=O)N2CCC[C@@H](C(N)=O)C2)cc(C(C)(C)C)c1O. The molecule has 0 bridgehead atoms. The van der Waals surface area contributed by atoms with Crippen LogP contribution < -0.4 is 5.73 Å². The number of phenolic OH excluding ortho intramolecular Hbond substituents is 1. The zero-order valence-electron chi connectivity index (χ0n) is 16.8. The number of carbonyl (C=O) groups is 2. The van der Waals surface area contributed by atoms with E-state index in [2.05, 4.69) is 0 Å². The van der Waals surface area contributed by atoms with E-state index in [4.69, 9.17) is 5.73 Å². The maximum absolute atomic E-state index is 13.1. The fourth-order valence-electron chi connectivity index (χ4n) is 3.48. The minimum absolute atomic E-state index is 0.105. The van der Waals surface area contributed by atoms with Gasteiger partial charge >= 0.3 is 0 Å². The molecule has 1 aromatic rings. The van der Waals surface area contributed by atoms with E-state index < -0.39 is 0 Å². The highest BCUT2D eigenvalue weighted by Crippen LogP contribution is 2.40. The molecule has 1 aliphatic rings. The Morgan fingerprint density at radius 3 is 2.00 bits per heavy atom. The van der Waals surface area contributed by atoms with Crippen molar-refractivity contribution in [2.24, 2.45) is 11.7 Å². The van der Waals surface area contributed by atoms with Gasteiger partial charge in [-0.1, -0.05) is 41.5 Å². The Labute approximate surface area is 156 Å². The highest BCUT2D eigenvalue weighted by atomic mass is 16.3. The van der Waals surface area contributed by atoms with Gasteiger partial charge in [-0.2, -0.15) is 0 Å². The lowest BCUT2D eigenvalue weighted by molar-refractivity contribution is -0.123. The van der Waals surface area contributed by atoms with Crippen molar-refractivity contribution in [1.29, 1.82) is 0 Å². The average molecular weight is 360 g/mol. The summed E-state index contributed by atoms with van der Waals surface area (Å²) in [7, 11) is 0. The third kappa shape index (κ3) is 4.19. The van der Waals surface area contributed by atoms with Crippen LogP contribution in [0.15, 0.2) is 12.1 Å². The minimum atomic E-state index is -0.348. The summed E-state index contributed by atoms with van der Waals surface area (Å²) >= 11 is 0. The molecule has 0 spiro atoms. The number of piperidine rings is 1. The topological polar surface area (TPSA) is 83.6 Å². The summed E-state index contributed by atoms with van der Waals surface area (Å²) in [5, 5.41) is 10.8. The van der Waals surface area contributed by atoms with Crippen molar-refractivity contribution in [3.05, 3.63) is 28.8 Å². The van der Waals surface area contributed by atoms with Crippen LogP contribution in [0.2, 0.25) is 0 Å². The number of aromatic hydroxyl groups is 1. The molecule has 2 rings (SSSR count). The van der Waals surface area contributed by atoms with Crippen LogP contribution >= 0.6 is 0 Å². The number of benzene rings is 1. The molecule has 5 nitrogen and oxygen atoms in total. The maximum atomic E-state index is 13.1. The molecular weight excluding hydrogens is 328 g/mol. The van der Waals surface area contributed by atoms with E-state index in [0.717, 1.165) is 24.0 Å². The van der Waals surface area contributed by atoms with Crippen molar-refractivity contribution in [1.82, 2.24) is 4.90 Å². The predicted molar refractivity (Wildman–Crippen MR) is 103 cm³/mol. The number of amides is 2. The summed E-state index contributed by atoms with van der Waals surface area (Å²) < 4.78 is 0. The van der Waals surface area contributed by atoms with Crippen LogP contribution in [0.5, 0.6) is 5.75 Å². The van der Waals surface area contributed by atoms with E-state index in [1.165, 1.54) is 0 Å². The number of primary amides is 1. The Morgan fingerprint density at radius 2 is 1.58 bits per heavy atom. The second-order valence-corrected chi connectivity index (χ2v) is 9.41. The fourth-order valence-corrected chi connectivity index (χ4v) is 3.48. The number of carbonyl (C=O) groups excluding carboxylic acids is 2. The summed E-state index contributed by atoms with van der Waals surface area (Å²) in [6.07, 6.45) is 1.50. The first kappa shape index (κ1) is 20.3. The molecule has 0 aromatic heterocycles. The van der Waals surface area contributed by atoms with E-state index in [-0.39, 0.29) is 34.3 Å². The van der Waals surface area contributed by atoms with Gasteiger partial charge < -0.3 is 15.7 Å². The molecule has 1 aromatic carbocycles.